The molecule has 0 unspecified atom stereocenters. The van der Waals surface area contributed by atoms with E-state index in [9.17, 15) is 18.0 Å². The van der Waals surface area contributed by atoms with Crippen molar-refractivity contribution in [2.45, 2.75) is 32.6 Å². The standard InChI is InChI=1S/C26H29N3O4S/c1-5-29(6-2)26(31)20-13-15-21(16-14-20)27-25(30)22-9-7-8-10-23(22)28-34(32,33)24-17-18(3)11-12-19(24)4/h7-17,28H,5-6H2,1-4H3,(H,27,30). The van der Waals surface area contributed by atoms with E-state index in [2.05, 4.69) is 10.0 Å². The van der Waals surface area contributed by atoms with E-state index in [0.29, 0.717) is 29.9 Å². The fourth-order valence-electron chi connectivity index (χ4n) is 3.55. The van der Waals surface area contributed by atoms with Crippen molar-refractivity contribution < 1.29 is 18.0 Å². The number of carbonyl (C=O) groups excluding carboxylic acids is 2. The number of rotatable bonds is 8. The van der Waals surface area contributed by atoms with Crippen molar-refractivity contribution in [1.82, 2.24) is 4.90 Å². The number of nitrogens with one attached hydrogen (secondary N) is 2. The molecule has 7 nitrogen and oxygen atoms in total. The van der Waals surface area contributed by atoms with Gasteiger partial charge in [0.2, 0.25) is 0 Å². The van der Waals surface area contributed by atoms with Crippen LogP contribution in [-0.2, 0) is 10.0 Å². The lowest BCUT2D eigenvalue weighted by Crippen LogP contribution is -2.30. The van der Waals surface area contributed by atoms with Crippen LogP contribution in [0.5, 0.6) is 0 Å². The Morgan fingerprint density at radius 2 is 1.53 bits per heavy atom. The molecule has 0 saturated heterocycles. The topological polar surface area (TPSA) is 95.6 Å². The Morgan fingerprint density at radius 1 is 0.882 bits per heavy atom. The van der Waals surface area contributed by atoms with E-state index < -0.39 is 15.9 Å². The molecule has 0 aliphatic rings. The molecule has 178 valence electrons. The summed E-state index contributed by atoms with van der Waals surface area (Å²) in [7, 11) is -3.90. The van der Waals surface area contributed by atoms with Crippen LogP contribution in [0.25, 0.3) is 0 Å². The summed E-state index contributed by atoms with van der Waals surface area (Å²) in [5.41, 5.74) is 2.81. The van der Waals surface area contributed by atoms with Crippen molar-refractivity contribution in [3.8, 4) is 0 Å². The van der Waals surface area contributed by atoms with Gasteiger partial charge in [0.15, 0.2) is 0 Å². The Balaban J connectivity index is 1.81. The summed E-state index contributed by atoms with van der Waals surface area (Å²) in [5, 5.41) is 2.77. The lowest BCUT2D eigenvalue weighted by molar-refractivity contribution is 0.0773. The molecule has 0 aliphatic carbocycles. The molecule has 34 heavy (non-hydrogen) atoms. The maximum atomic E-state index is 13.0. The smallest absolute Gasteiger partial charge is 0.262 e. The second kappa shape index (κ2) is 10.5. The maximum absolute atomic E-state index is 13.0. The first-order chi connectivity index (χ1) is 16.2. The molecule has 0 radical (unpaired) electrons. The van der Waals surface area contributed by atoms with Crippen LogP contribution in [-0.4, -0.2) is 38.2 Å². The first kappa shape index (κ1) is 25.0. The SMILES string of the molecule is CCN(CC)C(=O)c1ccc(NC(=O)c2ccccc2NS(=O)(=O)c2cc(C)ccc2C)cc1. The fraction of sp³-hybridized carbons (Fsp3) is 0.231. The monoisotopic (exact) mass is 479 g/mol. The van der Waals surface area contributed by atoms with Crippen LogP contribution in [0.2, 0.25) is 0 Å². The van der Waals surface area contributed by atoms with Gasteiger partial charge in [-0.15, -0.1) is 0 Å². The number of nitrogens with zero attached hydrogens (tertiary/aromatic N) is 1. The summed E-state index contributed by atoms with van der Waals surface area (Å²) in [6.45, 7) is 8.61. The largest absolute Gasteiger partial charge is 0.339 e. The summed E-state index contributed by atoms with van der Waals surface area (Å²) in [6.07, 6.45) is 0. The molecular weight excluding hydrogens is 450 g/mol. The molecule has 0 atom stereocenters. The molecular formula is C26H29N3O4S. The quantitative estimate of drug-likeness (QED) is 0.483. The molecule has 3 aromatic rings. The van der Waals surface area contributed by atoms with Gasteiger partial charge in [-0.05, 0) is 81.3 Å². The number of para-hydroxylation sites is 1. The predicted octanol–water partition coefficient (Wildman–Crippen LogP) is 4.84. The molecule has 2 N–H and O–H groups in total. The van der Waals surface area contributed by atoms with Crippen LogP contribution in [0.3, 0.4) is 0 Å². The Kier molecular flexibility index (Phi) is 7.73. The van der Waals surface area contributed by atoms with E-state index in [1.807, 2.05) is 26.8 Å². The van der Waals surface area contributed by atoms with E-state index in [1.54, 1.807) is 72.5 Å². The van der Waals surface area contributed by atoms with Crippen molar-refractivity contribution in [1.29, 1.82) is 0 Å². The van der Waals surface area contributed by atoms with Crippen LogP contribution < -0.4 is 10.0 Å². The average Bonchev–Trinajstić information content (AvgIpc) is 2.81. The van der Waals surface area contributed by atoms with Gasteiger partial charge in [-0.2, -0.15) is 0 Å². The lowest BCUT2D eigenvalue weighted by atomic mass is 10.1. The average molecular weight is 480 g/mol. The minimum Gasteiger partial charge on any atom is -0.339 e. The van der Waals surface area contributed by atoms with Crippen LogP contribution in [0.4, 0.5) is 11.4 Å². The highest BCUT2D eigenvalue weighted by molar-refractivity contribution is 7.92. The Morgan fingerprint density at radius 3 is 2.18 bits per heavy atom. The molecule has 0 heterocycles. The van der Waals surface area contributed by atoms with E-state index in [4.69, 9.17) is 0 Å². The number of amides is 2. The van der Waals surface area contributed by atoms with Gasteiger partial charge < -0.3 is 10.2 Å². The first-order valence-corrected chi connectivity index (χ1v) is 12.5. The third-order valence-corrected chi connectivity index (χ3v) is 7.00. The van der Waals surface area contributed by atoms with Gasteiger partial charge in [0, 0.05) is 24.3 Å². The van der Waals surface area contributed by atoms with Crippen molar-refractivity contribution in [2.75, 3.05) is 23.1 Å². The zero-order valence-electron chi connectivity index (χ0n) is 19.8. The van der Waals surface area contributed by atoms with E-state index in [0.717, 1.165) is 5.56 Å². The molecule has 0 aliphatic heterocycles. The van der Waals surface area contributed by atoms with E-state index >= 15 is 0 Å². The molecule has 0 fully saturated rings. The molecule has 0 spiro atoms. The van der Waals surface area contributed by atoms with Crippen LogP contribution in [0.15, 0.2) is 71.6 Å². The number of aryl methyl sites for hydroxylation is 2. The second-order valence-corrected chi connectivity index (χ2v) is 9.58. The third kappa shape index (κ3) is 5.63. The van der Waals surface area contributed by atoms with Gasteiger partial charge in [0.05, 0.1) is 16.1 Å². The highest BCUT2D eigenvalue weighted by Crippen LogP contribution is 2.24. The summed E-state index contributed by atoms with van der Waals surface area (Å²) in [6, 6.07) is 18.2. The van der Waals surface area contributed by atoms with Gasteiger partial charge in [0.25, 0.3) is 21.8 Å². The minimum atomic E-state index is -3.90. The molecule has 0 saturated carbocycles. The van der Waals surface area contributed by atoms with Crippen molar-refractivity contribution in [2.24, 2.45) is 0 Å². The highest BCUT2D eigenvalue weighted by Gasteiger charge is 2.21. The van der Waals surface area contributed by atoms with Crippen LogP contribution in [0, 0.1) is 13.8 Å². The summed E-state index contributed by atoms with van der Waals surface area (Å²) < 4.78 is 28.6. The molecule has 0 aromatic heterocycles. The van der Waals surface area contributed by atoms with Crippen molar-refractivity contribution in [3.63, 3.8) is 0 Å². The summed E-state index contributed by atoms with van der Waals surface area (Å²) >= 11 is 0. The normalized spacial score (nSPS) is 11.1. The van der Waals surface area contributed by atoms with Gasteiger partial charge in [-0.1, -0.05) is 24.3 Å². The summed E-state index contributed by atoms with van der Waals surface area (Å²) in [5.74, 6) is -0.545. The zero-order chi connectivity index (χ0) is 24.9. The number of carbonyl (C=O) groups is 2. The first-order valence-electron chi connectivity index (χ1n) is 11.1. The van der Waals surface area contributed by atoms with Crippen LogP contribution in [0.1, 0.15) is 45.7 Å². The van der Waals surface area contributed by atoms with Crippen LogP contribution >= 0.6 is 0 Å². The lowest BCUT2D eigenvalue weighted by Gasteiger charge is -2.18. The number of sulfonamides is 1. The van der Waals surface area contributed by atoms with E-state index in [1.165, 1.54) is 0 Å². The zero-order valence-corrected chi connectivity index (χ0v) is 20.6. The third-order valence-electron chi connectivity index (χ3n) is 5.49. The Bertz CT molecular complexity index is 1300. The number of hydrogen-bond donors (Lipinski definition) is 2. The van der Waals surface area contributed by atoms with Crippen molar-refractivity contribution >= 4 is 33.2 Å². The predicted molar refractivity (Wildman–Crippen MR) is 135 cm³/mol. The fourth-order valence-corrected chi connectivity index (χ4v) is 4.97. The van der Waals surface area contributed by atoms with Gasteiger partial charge in [-0.25, -0.2) is 8.42 Å². The highest BCUT2D eigenvalue weighted by atomic mass is 32.2. The second-order valence-electron chi connectivity index (χ2n) is 7.93. The minimum absolute atomic E-state index is 0.0749. The molecule has 0 bridgehead atoms. The molecule has 3 aromatic carbocycles. The molecule has 3 rings (SSSR count). The van der Waals surface area contributed by atoms with Crippen molar-refractivity contribution in [3.05, 3.63) is 89.0 Å². The number of benzene rings is 3. The Hall–Kier alpha value is -3.65. The van der Waals surface area contributed by atoms with Gasteiger partial charge in [-0.3, -0.25) is 14.3 Å². The maximum Gasteiger partial charge on any atom is 0.262 e. The summed E-state index contributed by atoms with van der Waals surface area (Å²) in [4.78, 5) is 27.3. The number of anilines is 2. The van der Waals surface area contributed by atoms with Gasteiger partial charge in [0.1, 0.15) is 0 Å². The Labute approximate surface area is 200 Å². The van der Waals surface area contributed by atoms with Gasteiger partial charge >= 0.3 is 0 Å². The van der Waals surface area contributed by atoms with E-state index in [-0.39, 0.29) is 22.1 Å². The molecule has 8 heteroatoms. The number of hydrogen-bond acceptors (Lipinski definition) is 4. The molecule has 2 amide bonds.